The van der Waals surface area contributed by atoms with Crippen LogP contribution in [-0.2, 0) is 23.0 Å². The highest BCUT2D eigenvalue weighted by atomic mass is 79.9. The molecule has 0 N–H and O–H groups in total. The summed E-state index contributed by atoms with van der Waals surface area (Å²) >= 11 is 4.98. The summed E-state index contributed by atoms with van der Waals surface area (Å²) in [6.45, 7) is 0.695. The number of nitrogens with zero attached hydrogens (tertiary/aromatic N) is 1. The average Bonchev–Trinajstić information content (AvgIpc) is 3.25. The maximum atomic E-state index is 13.1. The van der Waals surface area contributed by atoms with E-state index < -0.39 is 10.0 Å². The third-order valence-electron chi connectivity index (χ3n) is 3.58. The van der Waals surface area contributed by atoms with Crippen molar-refractivity contribution in [3.8, 4) is 0 Å². The molecule has 0 unspecified atom stereocenters. The normalized spacial score (nSPS) is 11.9. The van der Waals surface area contributed by atoms with Crippen LogP contribution in [0.5, 0.6) is 0 Å². The van der Waals surface area contributed by atoms with Crippen molar-refractivity contribution in [2.45, 2.75) is 17.9 Å². The minimum atomic E-state index is -3.61. The van der Waals surface area contributed by atoms with Gasteiger partial charge in [0.15, 0.2) is 0 Å². The Hall–Kier alpha value is -1.41. The number of furan rings is 1. The first-order valence-corrected chi connectivity index (χ1v) is 10.5. The maximum Gasteiger partial charge on any atom is 0.244 e. The van der Waals surface area contributed by atoms with Crippen LogP contribution < -0.4 is 0 Å². The summed E-state index contributed by atoms with van der Waals surface area (Å²) in [6.07, 6.45) is 3.81. The van der Waals surface area contributed by atoms with E-state index in [0.29, 0.717) is 17.4 Å². The van der Waals surface area contributed by atoms with Gasteiger partial charge in [-0.2, -0.15) is 4.31 Å². The molecule has 3 aromatic rings. The highest BCUT2D eigenvalue weighted by Crippen LogP contribution is 2.26. The second-order valence-corrected chi connectivity index (χ2v) is 9.02. The molecule has 2 aromatic heterocycles. The van der Waals surface area contributed by atoms with Crippen LogP contribution >= 0.6 is 27.3 Å². The zero-order chi connectivity index (χ0) is 17.0. The van der Waals surface area contributed by atoms with Crippen molar-refractivity contribution in [1.29, 1.82) is 0 Å². The van der Waals surface area contributed by atoms with Gasteiger partial charge < -0.3 is 4.42 Å². The minimum absolute atomic E-state index is 0.277. The number of benzene rings is 1. The molecule has 4 nitrogen and oxygen atoms in total. The predicted octanol–water partition coefficient (Wildman–Crippen LogP) is 4.54. The molecule has 1 aromatic carbocycles. The lowest BCUT2D eigenvalue weighted by molar-refractivity contribution is 0.408. The lowest BCUT2D eigenvalue weighted by Gasteiger charge is -2.22. The van der Waals surface area contributed by atoms with E-state index in [1.165, 1.54) is 4.31 Å². The van der Waals surface area contributed by atoms with Crippen LogP contribution in [0.2, 0.25) is 0 Å². The first-order chi connectivity index (χ1) is 11.6. The molecule has 2 heterocycles. The monoisotopic (exact) mass is 425 g/mol. The van der Waals surface area contributed by atoms with Crippen LogP contribution in [0.1, 0.15) is 10.4 Å². The third-order valence-corrected chi connectivity index (χ3v) is 7.37. The van der Waals surface area contributed by atoms with Gasteiger partial charge in [-0.3, -0.25) is 0 Å². The molecule has 0 bridgehead atoms. The van der Waals surface area contributed by atoms with Crippen molar-refractivity contribution in [2.75, 3.05) is 6.54 Å². The van der Waals surface area contributed by atoms with E-state index in [1.807, 2.05) is 17.5 Å². The number of halogens is 1. The number of hydrogen-bond acceptors (Lipinski definition) is 4. The van der Waals surface area contributed by atoms with Gasteiger partial charge in [0.25, 0.3) is 0 Å². The molecule has 3 rings (SSSR count). The van der Waals surface area contributed by atoms with Crippen molar-refractivity contribution >= 4 is 37.3 Å². The molecular weight excluding hydrogens is 410 g/mol. The second-order valence-electron chi connectivity index (χ2n) is 5.23. The quantitative estimate of drug-likeness (QED) is 0.558. The fraction of sp³-hybridized carbons (Fsp3) is 0.176. The Morgan fingerprint density at radius 1 is 1.12 bits per heavy atom. The molecule has 126 valence electrons. The molecule has 0 aliphatic heterocycles. The minimum Gasteiger partial charge on any atom is -0.472 e. The van der Waals surface area contributed by atoms with Gasteiger partial charge in [-0.05, 0) is 52.0 Å². The van der Waals surface area contributed by atoms with Crippen LogP contribution in [0.3, 0.4) is 0 Å². The zero-order valence-corrected chi connectivity index (χ0v) is 16.0. The molecule has 0 spiro atoms. The van der Waals surface area contributed by atoms with Crippen molar-refractivity contribution in [2.24, 2.45) is 0 Å². The van der Waals surface area contributed by atoms with E-state index in [-0.39, 0.29) is 11.4 Å². The summed E-state index contributed by atoms with van der Waals surface area (Å²) < 4.78 is 33.4. The summed E-state index contributed by atoms with van der Waals surface area (Å²) in [5.74, 6) is 0. The molecule has 24 heavy (non-hydrogen) atoms. The van der Waals surface area contributed by atoms with Gasteiger partial charge in [-0.15, -0.1) is 11.3 Å². The Kier molecular flexibility index (Phi) is 5.55. The zero-order valence-electron chi connectivity index (χ0n) is 12.8. The lowest BCUT2D eigenvalue weighted by Crippen LogP contribution is -2.32. The summed E-state index contributed by atoms with van der Waals surface area (Å²) in [4.78, 5) is 1.44. The highest BCUT2D eigenvalue weighted by molar-refractivity contribution is 9.10. The SMILES string of the molecule is O=S(=O)(c1ccccc1Br)N(CCc1cccs1)Cc1ccoc1. The molecule has 0 aliphatic rings. The highest BCUT2D eigenvalue weighted by Gasteiger charge is 2.26. The van der Waals surface area contributed by atoms with E-state index in [9.17, 15) is 8.42 Å². The molecule has 0 amide bonds. The Labute approximate surface area is 153 Å². The Morgan fingerprint density at radius 3 is 2.62 bits per heavy atom. The van der Waals surface area contributed by atoms with Crippen LogP contribution in [0.15, 0.2) is 74.2 Å². The molecule has 0 aliphatic carbocycles. The van der Waals surface area contributed by atoms with Crippen molar-refractivity contribution < 1.29 is 12.8 Å². The molecule has 0 saturated heterocycles. The van der Waals surface area contributed by atoms with Gasteiger partial charge in [0.2, 0.25) is 10.0 Å². The molecule has 0 fully saturated rings. The predicted molar refractivity (Wildman–Crippen MR) is 98.5 cm³/mol. The Bertz CT molecular complexity index is 874. The summed E-state index contributed by atoms with van der Waals surface area (Å²) in [6, 6.07) is 12.7. The van der Waals surface area contributed by atoms with Gasteiger partial charge in [0.05, 0.1) is 17.4 Å². The fourth-order valence-corrected chi connectivity index (χ4v) is 5.44. The van der Waals surface area contributed by atoms with Gasteiger partial charge in [0, 0.05) is 28.0 Å². The van der Waals surface area contributed by atoms with E-state index in [0.717, 1.165) is 10.4 Å². The van der Waals surface area contributed by atoms with Crippen LogP contribution in [-0.4, -0.2) is 19.3 Å². The number of sulfonamides is 1. The van der Waals surface area contributed by atoms with Crippen LogP contribution in [0.4, 0.5) is 0 Å². The fourth-order valence-electron chi connectivity index (χ4n) is 2.35. The first-order valence-electron chi connectivity index (χ1n) is 7.35. The summed E-state index contributed by atoms with van der Waals surface area (Å²) in [5, 5.41) is 2.00. The maximum absolute atomic E-state index is 13.1. The molecule has 0 radical (unpaired) electrons. The third kappa shape index (κ3) is 3.97. The molecule has 0 atom stereocenters. The molecule has 7 heteroatoms. The Balaban J connectivity index is 1.89. The van der Waals surface area contributed by atoms with E-state index in [1.54, 1.807) is 54.2 Å². The molecule has 0 saturated carbocycles. The Morgan fingerprint density at radius 2 is 1.96 bits per heavy atom. The largest absolute Gasteiger partial charge is 0.472 e. The number of rotatable bonds is 7. The van der Waals surface area contributed by atoms with E-state index >= 15 is 0 Å². The van der Waals surface area contributed by atoms with E-state index in [4.69, 9.17) is 4.42 Å². The summed E-state index contributed by atoms with van der Waals surface area (Å²) in [5.41, 5.74) is 0.830. The van der Waals surface area contributed by atoms with Gasteiger partial charge >= 0.3 is 0 Å². The summed E-state index contributed by atoms with van der Waals surface area (Å²) in [7, 11) is -3.61. The van der Waals surface area contributed by atoms with Crippen molar-refractivity contribution in [1.82, 2.24) is 4.31 Å². The second kappa shape index (κ2) is 7.65. The number of thiophene rings is 1. The van der Waals surface area contributed by atoms with Gasteiger partial charge in [-0.1, -0.05) is 18.2 Å². The standard InChI is InChI=1S/C17H16BrNO3S2/c18-16-5-1-2-6-17(16)24(20,21)19(12-14-8-10-22-13-14)9-7-15-4-3-11-23-15/h1-6,8,10-11,13H,7,9,12H2. The first kappa shape index (κ1) is 17.4. The topological polar surface area (TPSA) is 50.5 Å². The van der Waals surface area contributed by atoms with E-state index in [2.05, 4.69) is 15.9 Å². The lowest BCUT2D eigenvalue weighted by atomic mass is 10.3. The number of hydrogen-bond donors (Lipinski definition) is 0. The smallest absolute Gasteiger partial charge is 0.244 e. The van der Waals surface area contributed by atoms with Crippen LogP contribution in [0.25, 0.3) is 0 Å². The van der Waals surface area contributed by atoms with Crippen molar-refractivity contribution in [3.63, 3.8) is 0 Å². The van der Waals surface area contributed by atoms with Gasteiger partial charge in [-0.25, -0.2) is 8.42 Å². The van der Waals surface area contributed by atoms with Crippen molar-refractivity contribution in [3.05, 3.63) is 75.3 Å². The molecular formula is C17H16BrNO3S2. The average molecular weight is 426 g/mol. The van der Waals surface area contributed by atoms with Crippen LogP contribution in [0, 0.1) is 0 Å². The van der Waals surface area contributed by atoms with Gasteiger partial charge in [0.1, 0.15) is 0 Å².